The van der Waals surface area contributed by atoms with Gasteiger partial charge in [0.2, 0.25) is 0 Å². The molecule has 4 rings (SSSR count). The van der Waals surface area contributed by atoms with Crippen LogP contribution in [0.2, 0.25) is 0 Å². The summed E-state index contributed by atoms with van der Waals surface area (Å²) in [6, 6.07) is 13.3. The Morgan fingerprint density at radius 1 is 1.04 bits per heavy atom. The summed E-state index contributed by atoms with van der Waals surface area (Å²) in [6.45, 7) is 9.28. The van der Waals surface area contributed by atoms with Crippen molar-refractivity contribution < 1.29 is 4.79 Å². The molecule has 2 saturated heterocycles. The van der Waals surface area contributed by atoms with E-state index in [2.05, 4.69) is 22.9 Å². The Morgan fingerprint density at radius 2 is 1.78 bits per heavy atom. The minimum Gasteiger partial charge on any atom is -0.335 e. The number of carbonyl (C=O) groups is 1. The lowest BCUT2D eigenvalue weighted by molar-refractivity contribution is 0.00213. The number of piperidine rings is 1. The molecule has 4 heteroatoms. The smallest absolute Gasteiger partial charge is 0.253 e. The molecule has 0 spiro atoms. The van der Waals surface area contributed by atoms with Crippen molar-refractivity contribution >= 4 is 5.91 Å². The van der Waals surface area contributed by atoms with Gasteiger partial charge < -0.3 is 4.90 Å². The van der Waals surface area contributed by atoms with Crippen molar-refractivity contribution in [1.29, 1.82) is 0 Å². The van der Waals surface area contributed by atoms with Gasteiger partial charge >= 0.3 is 0 Å². The van der Waals surface area contributed by atoms with E-state index in [1.807, 2.05) is 49.1 Å². The highest BCUT2D eigenvalue weighted by Crippen LogP contribution is 2.27. The molecular formula is C23H29N3O. The molecule has 2 aromatic rings. The van der Waals surface area contributed by atoms with Crippen molar-refractivity contribution in [2.45, 2.75) is 52.1 Å². The number of amides is 1. The molecule has 1 aromatic carbocycles. The SMILES string of the molecule is Cc1ccc(-c2ccc(C(=O)N3CC(N4CCCC[C@@H]4C)C3)cc2)c(C)n1. The summed E-state index contributed by atoms with van der Waals surface area (Å²) in [7, 11) is 0. The van der Waals surface area contributed by atoms with Gasteiger partial charge in [0.15, 0.2) is 0 Å². The maximum Gasteiger partial charge on any atom is 0.253 e. The molecule has 2 aliphatic rings. The number of hydrogen-bond donors (Lipinski definition) is 0. The lowest BCUT2D eigenvalue weighted by atomic mass is 9.96. The van der Waals surface area contributed by atoms with E-state index in [1.54, 1.807) is 0 Å². The van der Waals surface area contributed by atoms with Gasteiger partial charge in [-0.1, -0.05) is 24.6 Å². The number of benzene rings is 1. The average Bonchev–Trinajstić information content (AvgIpc) is 2.62. The Bertz CT molecular complexity index is 824. The molecule has 3 heterocycles. The second kappa shape index (κ2) is 7.43. The molecule has 1 amide bonds. The van der Waals surface area contributed by atoms with Crippen LogP contribution in [0.5, 0.6) is 0 Å². The van der Waals surface area contributed by atoms with Gasteiger partial charge in [-0.05, 0) is 63.9 Å². The first-order valence-corrected chi connectivity index (χ1v) is 10.1. The van der Waals surface area contributed by atoms with Gasteiger partial charge in [-0.15, -0.1) is 0 Å². The van der Waals surface area contributed by atoms with Gasteiger partial charge in [-0.2, -0.15) is 0 Å². The number of rotatable bonds is 3. The third-order valence-electron chi connectivity index (χ3n) is 6.14. The minimum atomic E-state index is 0.154. The van der Waals surface area contributed by atoms with Crippen molar-refractivity contribution in [3.05, 3.63) is 53.3 Å². The molecule has 142 valence electrons. The van der Waals surface area contributed by atoms with E-state index in [4.69, 9.17) is 0 Å². The van der Waals surface area contributed by atoms with Gasteiger partial charge in [0, 0.05) is 47.7 Å². The predicted molar refractivity (Wildman–Crippen MR) is 109 cm³/mol. The summed E-state index contributed by atoms with van der Waals surface area (Å²) in [6.07, 6.45) is 3.93. The van der Waals surface area contributed by atoms with Crippen LogP contribution in [0.25, 0.3) is 11.1 Å². The number of aryl methyl sites for hydroxylation is 2. The van der Waals surface area contributed by atoms with Gasteiger partial charge in [-0.3, -0.25) is 14.7 Å². The third-order valence-corrected chi connectivity index (χ3v) is 6.14. The molecule has 0 aliphatic carbocycles. The molecule has 0 radical (unpaired) electrons. The van der Waals surface area contributed by atoms with Crippen molar-refractivity contribution in [3.8, 4) is 11.1 Å². The summed E-state index contributed by atoms with van der Waals surface area (Å²) in [4.78, 5) is 21.9. The van der Waals surface area contributed by atoms with E-state index in [0.717, 1.165) is 41.2 Å². The molecule has 0 bridgehead atoms. The van der Waals surface area contributed by atoms with Crippen LogP contribution in [0.1, 0.15) is 47.9 Å². The van der Waals surface area contributed by atoms with E-state index in [1.165, 1.54) is 25.8 Å². The predicted octanol–water partition coefficient (Wildman–Crippen LogP) is 4.06. The summed E-state index contributed by atoms with van der Waals surface area (Å²) < 4.78 is 0. The topological polar surface area (TPSA) is 36.4 Å². The van der Waals surface area contributed by atoms with E-state index in [0.29, 0.717) is 12.1 Å². The molecule has 1 atom stereocenters. The first-order chi connectivity index (χ1) is 13.0. The lowest BCUT2D eigenvalue weighted by Crippen LogP contribution is -2.63. The number of pyridine rings is 1. The van der Waals surface area contributed by atoms with Gasteiger partial charge in [0.25, 0.3) is 5.91 Å². The fourth-order valence-corrected chi connectivity index (χ4v) is 4.46. The second-order valence-corrected chi connectivity index (χ2v) is 8.11. The Labute approximate surface area is 162 Å². The maximum absolute atomic E-state index is 12.8. The van der Waals surface area contributed by atoms with Crippen LogP contribution < -0.4 is 0 Å². The van der Waals surface area contributed by atoms with Crippen molar-refractivity contribution in [3.63, 3.8) is 0 Å². The summed E-state index contributed by atoms with van der Waals surface area (Å²) in [5.74, 6) is 0.154. The molecule has 2 aliphatic heterocycles. The van der Waals surface area contributed by atoms with Crippen molar-refractivity contribution in [1.82, 2.24) is 14.8 Å². The monoisotopic (exact) mass is 363 g/mol. The molecule has 0 saturated carbocycles. The van der Waals surface area contributed by atoms with E-state index >= 15 is 0 Å². The number of likely N-dealkylation sites (tertiary alicyclic amines) is 2. The van der Waals surface area contributed by atoms with Crippen LogP contribution in [-0.2, 0) is 0 Å². The highest BCUT2D eigenvalue weighted by Gasteiger charge is 2.37. The number of nitrogens with zero attached hydrogens (tertiary/aromatic N) is 3. The van der Waals surface area contributed by atoms with Crippen LogP contribution in [0.4, 0.5) is 0 Å². The summed E-state index contributed by atoms with van der Waals surface area (Å²) in [5, 5.41) is 0. The zero-order chi connectivity index (χ0) is 19.0. The fraction of sp³-hybridized carbons (Fsp3) is 0.478. The first kappa shape index (κ1) is 18.2. The van der Waals surface area contributed by atoms with E-state index < -0.39 is 0 Å². The zero-order valence-electron chi connectivity index (χ0n) is 16.6. The maximum atomic E-state index is 12.8. The zero-order valence-corrected chi connectivity index (χ0v) is 16.6. The lowest BCUT2D eigenvalue weighted by Gasteiger charge is -2.49. The normalized spacial score (nSPS) is 21.1. The van der Waals surface area contributed by atoms with Gasteiger partial charge in [0.1, 0.15) is 0 Å². The number of carbonyl (C=O) groups excluding carboxylic acids is 1. The summed E-state index contributed by atoms with van der Waals surface area (Å²) >= 11 is 0. The van der Waals surface area contributed by atoms with Crippen LogP contribution in [0, 0.1) is 13.8 Å². The first-order valence-electron chi connectivity index (χ1n) is 10.1. The average molecular weight is 364 g/mol. The van der Waals surface area contributed by atoms with Crippen LogP contribution in [0.3, 0.4) is 0 Å². The number of aromatic nitrogens is 1. The molecular weight excluding hydrogens is 334 g/mol. The Balaban J connectivity index is 1.40. The standard InChI is InChI=1S/C23H29N3O/c1-16-7-12-22(18(3)24-16)19-8-10-20(11-9-19)23(27)25-14-21(15-25)26-13-5-4-6-17(26)2/h7-12,17,21H,4-6,13-15H2,1-3H3/t17-/m0/s1. The molecule has 4 nitrogen and oxygen atoms in total. The molecule has 0 unspecified atom stereocenters. The quantitative estimate of drug-likeness (QED) is 0.825. The highest BCUT2D eigenvalue weighted by atomic mass is 16.2. The summed E-state index contributed by atoms with van der Waals surface area (Å²) in [5.41, 5.74) is 5.07. The van der Waals surface area contributed by atoms with Crippen molar-refractivity contribution in [2.24, 2.45) is 0 Å². The third kappa shape index (κ3) is 3.63. The Morgan fingerprint density at radius 3 is 2.44 bits per heavy atom. The molecule has 0 N–H and O–H groups in total. The van der Waals surface area contributed by atoms with Crippen LogP contribution in [-0.4, -0.2) is 52.4 Å². The Hall–Kier alpha value is -2.20. The molecule has 27 heavy (non-hydrogen) atoms. The molecule has 2 fully saturated rings. The highest BCUT2D eigenvalue weighted by molar-refractivity contribution is 5.95. The minimum absolute atomic E-state index is 0.154. The van der Waals surface area contributed by atoms with Crippen LogP contribution in [0.15, 0.2) is 36.4 Å². The van der Waals surface area contributed by atoms with Crippen molar-refractivity contribution in [2.75, 3.05) is 19.6 Å². The van der Waals surface area contributed by atoms with Gasteiger partial charge in [0.05, 0.1) is 0 Å². The largest absolute Gasteiger partial charge is 0.335 e. The van der Waals surface area contributed by atoms with Crippen LogP contribution >= 0.6 is 0 Å². The Kier molecular flexibility index (Phi) is 5.00. The fourth-order valence-electron chi connectivity index (χ4n) is 4.46. The van der Waals surface area contributed by atoms with E-state index in [-0.39, 0.29) is 5.91 Å². The van der Waals surface area contributed by atoms with Gasteiger partial charge in [-0.25, -0.2) is 0 Å². The second-order valence-electron chi connectivity index (χ2n) is 8.11. The number of hydrogen-bond acceptors (Lipinski definition) is 3. The van der Waals surface area contributed by atoms with E-state index in [9.17, 15) is 4.79 Å². The molecule has 1 aromatic heterocycles.